The summed E-state index contributed by atoms with van der Waals surface area (Å²) in [6.45, 7) is 1.92. The summed E-state index contributed by atoms with van der Waals surface area (Å²) in [6, 6.07) is 17.8. The van der Waals surface area contributed by atoms with Gasteiger partial charge in [-0.2, -0.15) is 0 Å². The van der Waals surface area contributed by atoms with E-state index in [0.29, 0.717) is 28.5 Å². The van der Waals surface area contributed by atoms with Crippen molar-refractivity contribution >= 4 is 10.9 Å². The summed E-state index contributed by atoms with van der Waals surface area (Å²) < 4.78 is 19.4. The molecule has 2 aromatic carbocycles. The molecule has 0 fully saturated rings. The van der Waals surface area contributed by atoms with E-state index in [1.54, 1.807) is 13.2 Å². The fraction of sp³-hybridized carbons (Fsp3) is 0.0952. The molecule has 0 atom stereocenters. The van der Waals surface area contributed by atoms with Crippen molar-refractivity contribution in [1.82, 2.24) is 15.0 Å². The Morgan fingerprint density at radius 3 is 2.54 bits per heavy atom. The first kappa shape index (κ1) is 16.1. The molecule has 0 bridgehead atoms. The smallest absolute Gasteiger partial charge is 0.179 e. The summed E-state index contributed by atoms with van der Waals surface area (Å²) in [4.78, 5) is 13.9. The van der Waals surface area contributed by atoms with Crippen molar-refractivity contribution in [3.05, 3.63) is 72.2 Å². The summed E-state index contributed by atoms with van der Waals surface area (Å²) in [5, 5.41) is 0.827. The van der Waals surface area contributed by atoms with Gasteiger partial charge in [0.05, 0.1) is 18.3 Å². The first-order valence-electron chi connectivity index (χ1n) is 8.20. The number of methoxy groups -OCH3 is 1. The van der Waals surface area contributed by atoms with Crippen molar-refractivity contribution in [1.29, 1.82) is 0 Å². The normalized spacial score (nSPS) is 10.9. The molecule has 0 aliphatic heterocycles. The van der Waals surface area contributed by atoms with Crippen molar-refractivity contribution in [3.8, 4) is 28.5 Å². The standard InChI is InChI=1S/C21H16FN3O/c1-13-6-5-9-18(23-13)21-24-17-8-4-3-7-15(17)20(25-21)16-12-14(22)10-11-19(16)26-2/h3-12H,1-2H3. The molecule has 26 heavy (non-hydrogen) atoms. The summed E-state index contributed by atoms with van der Waals surface area (Å²) in [5.74, 6) is 0.700. The molecule has 0 aliphatic carbocycles. The fourth-order valence-corrected chi connectivity index (χ4v) is 2.93. The van der Waals surface area contributed by atoms with E-state index in [1.807, 2.05) is 49.4 Å². The largest absolute Gasteiger partial charge is 0.496 e. The predicted molar refractivity (Wildman–Crippen MR) is 99.5 cm³/mol. The lowest BCUT2D eigenvalue weighted by molar-refractivity contribution is 0.415. The van der Waals surface area contributed by atoms with Crippen LogP contribution in [-0.4, -0.2) is 22.1 Å². The molecule has 2 heterocycles. The maximum Gasteiger partial charge on any atom is 0.179 e. The van der Waals surface area contributed by atoms with Crippen molar-refractivity contribution in [3.63, 3.8) is 0 Å². The summed E-state index contributed by atoms with van der Waals surface area (Å²) in [5.41, 5.74) is 3.52. The van der Waals surface area contributed by atoms with Crippen LogP contribution in [0, 0.1) is 12.7 Å². The van der Waals surface area contributed by atoms with E-state index in [1.165, 1.54) is 12.1 Å². The Bertz CT molecular complexity index is 1110. The minimum atomic E-state index is -0.348. The molecule has 4 aromatic rings. The number of rotatable bonds is 3. The predicted octanol–water partition coefficient (Wildman–Crippen LogP) is 4.81. The average molecular weight is 345 g/mol. The Labute approximate surface area is 150 Å². The second-order valence-electron chi connectivity index (χ2n) is 5.92. The van der Waals surface area contributed by atoms with E-state index in [4.69, 9.17) is 9.72 Å². The quantitative estimate of drug-likeness (QED) is 0.534. The van der Waals surface area contributed by atoms with Crippen LogP contribution in [0.2, 0.25) is 0 Å². The molecule has 0 amide bonds. The van der Waals surface area contributed by atoms with Gasteiger partial charge in [-0.3, -0.25) is 0 Å². The molecule has 4 nitrogen and oxygen atoms in total. The number of nitrogens with zero attached hydrogens (tertiary/aromatic N) is 3. The molecule has 5 heteroatoms. The highest BCUT2D eigenvalue weighted by atomic mass is 19.1. The molecule has 128 valence electrons. The number of ether oxygens (including phenoxy) is 1. The molecule has 0 N–H and O–H groups in total. The van der Waals surface area contributed by atoms with Crippen molar-refractivity contribution < 1.29 is 9.13 Å². The molecule has 4 rings (SSSR count). The number of fused-ring (bicyclic) bond motifs is 1. The van der Waals surface area contributed by atoms with Gasteiger partial charge in [-0.25, -0.2) is 19.3 Å². The van der Waals surface area contributed by atoms with Crippen LogP contribution in [-0.2, 0) is 0 Å². The van der Waals surface area contributed by atoms with Crippen LogP contribution in [0.3, 0.4) is 0 Å². The highest BCUT2D eigenvalue weighted by Gasteiger charge is 2.16. The number of aromatic nitrogens is 3. The van der Waals surface area contributed by atoms with Crippen LogP contribution in [0.15, 0.2) is 60.7 Å². The van der Waals surface area contributed by atoms with Gasteiger partial charge in [-0.15, -0.1) is 0 Å². The summed E-state index contributed by atoms with van der Waals surface area (Å²) >= 11 is 0. The Morgan fingerprint density at radius 2 is 1.73 bits per heavy atom. The Hall–Kier alpha value is -3.34. The summed E-state index contributed by atoms with van der Waals surface area (Å²) in [6.07, 6.45) is 0. The fourth-order valence-electron chi connectivity index (χ4n) is 2.93. The number of halogens is 1. The van der Waals surface area contributed by atoms with Crippen LogP contribution >= 0.6 is 0 Å². The third-order valence-electron chi connectivity index (χ3n) is 4.14. The Balaban J connectivity index is 2.04. The SMILES string of the molecule is COc1ccc(F)cc1-c1nc(-c2cccc(C)n2)nc2ccccc12. The van der Waals surface area contributed by atoms with Crippen LogP contribution < -0.4 is 4.74 Å². The second kappa shape index (κ2) is 6.52. The van der Waals surface area contributed by atoms with Gasteiger partial charge < -0.3 is 4.74 Å². The number of aryl methyl sites for hydroxylation is 1. The molecule has 0 saturated carbocycles. The molecule has 0 radical (unpaired) electrons. The monoisotopic (exact) mass is 345 g/mol. The number of hydrogen-bond acceptors (Lipinski definition) is 4. The molecule has 0 spiro atoms. The van der Waals surface area contributed by atoms with Crippen molar-refractivity contribution in [2.75, 3.05) is 7.11 Å². The van der Waals surface area contributed by atoms with Gasteiger partial charge in [0.15, 0.2) is 5.82 Å². The van der Waals surface area contributed by atoms with Gasteiger partial charge >= 0.3 is 0 Å². The number of hydrogen-bond donors (Lipinski definition) is 0. The van der Waals surface area contributed by atoms with E-state index in [2.05, 4.69) is 9.97 Å². The van der Waals surface area contributed by atoms with Crippen LogP contribution in [0.4, 0.5) is 4.39 Å². The zero-order valence-electron chi connectivity index (χ0n) is 14.4. The average Bonchev–Trinajstić information content (AvgIpc) is 2.67. The van der Waals surface area contributed by atoms with Gasteiger partial charge in [0, 0.05) is 16.6 Å². The third kappa shape index (κ3) is 2.88. The molecular formula is C21H16FN3O. The Kier molecular flexibility index (Phi) is 4.05. The lowest BCUT2D eigenvalue weighted by Gasteiger charge is -2.12. The van der Waals surface area contributed by atoms with E-state index in [-0.39, 0.29) is 5.82 Å². The van der Waals surface area contributed by atoms with Crippen LogP contribution in [0.5, 0.6) is 5.75 Å². The number of pyridine rings is 1. The molecule has 2 aromatic heterocycles. The molecule has 0 aliphatic rings. The van der Waals surface area contributed by atoms with Crippen molar-refractivity contribution in [2.24, 2.45) is 0 Å². The first-order valence-corrected chi connectivity index (χ1v) is 8.20. The number of para-hydroxylation sites is 1. The molecular weight excluding hydrogens is 329 g/mol. The minimum Gasteiger partial charge on any atom is -0.496 e. The second-order valence-corrected chi connectivity index (χ2v) is 5.92. The highest BCUT2D eigenvalue weighted by molar-refractivity contribution is 5.94. The summed E-state index contributed by atoms with van der Waals surface area (Å²) in [7, 11) is 1.56. The molecule has 0 unspecified atom stereocenters. The lowest BCUT2D eigenvalue weighted by atomic mass is 10.0. The Morgan fingerprint density at radius 1 is 0.885 bits per heavy atom. The zero-order chi connectivity index (χ0) is 18.1. The van der Waals surface area contributed by atoms with Gasteiger partial charge in [0.1, 0.15) is 17.3 Å². The first-order chi connectivity index (χ1) is 12.7. The lowest BCUT2D eigenvalue weighted by Crippen LogP contribution is -1.99. The van der Waals surface area contributed by atoms with Gasteiger partial charge in [0.25, 0.3) is 0 Å². The van der Waals surface area contributed by atoms with E-state index in [9.17, 15) is 4.39 Å². The third-order valence-corrected chi connectivity index (χ3v) is 4.14. The van der Waals surface area contributed by atoms with Crippen molar-refractivity contribution in [2.45, 2.75) is 6.92 Å². The number of benzene rings is 2. The van der Waals surface area contributed by atoms with Crippen LogP contribution in [0.25, 0.3) is 33.7 Å². The zero-order valence-corrected chi connectivity index (χ0v) is 14.4. The van der Waals surface area contributed by atoms with Gasteiger partial charge in [-0.05, 0) is 43.3 Å². The molecule has 0 saturated heterocycles. The van der Waals surface area contributed by atoms with E-state index >= 15 is 0 Å². The highest BCUT2D eigenvalue weighted by Crippen LogP contribution is 2.34. The van der Waals surface area contributed by atoms with E-state index < -0.39 is 0 Å². The van der Waals surface area contributed by atoms with E-state index in [0.717, 1.165) is 16.6 Å². The van der Waals surface area contributed by atoms with Gasteiger partial charge in [-0.1, -0.05) is 24.3 Å². The van der Waals surface area contributed by atoms with Crippen LogP contribution in [0.1, 0.15) is 5.69 Å². The maximum absolute atomic E-state index is 13.9. The maximum atomic E-state index is 13.9. The topological polar surface area (TPSA) is 47.9 Å². The van der Waals surface area contributed by atoms with Gasteiger partial charge in [0.2, 0.25) is 0 Å². The minimum absolute atomic E-state index is 0.348.